The molecule has 1 rings (SSSR count). The lowest BCUT2D eigenvalue weighted by Crippen LogP contribution is -2.18. The van der Waals surface area contributed by atoms with Gasteiger partial charge in [0.2, 0.25) is 0 Å². The van der Waals surface area contributed by atoms with Crippen LogP contribution in [0.2, 0.25) is 0 Å². The maximum atomic E-state index is 12.7. The molecule has 0 atom stereocenters. The van der Waals surface area contributed by atoms with Crippen LogP contribution in [0.1, 0.15) is 12.5 Å². The van der Waals surface area contributed by atoms with Gasteiger partial charge in [0.05, 0.1) is 11.3 Å². The van der Waals surface area contributed by atoms with Gasteiger partial charge < -0.3 is 15.5 Å². The number of anilines is 1. The molecule has 1 aromatic carbocycles. The number of benzene rings is 1. The van der Waals surface area contributed by atoms with Crippen molar-refractivity contribution in [3.05, 3.63) is 41.1 Å². The number of halogens is 3. The highest BCUT2D eigenvalue weighted by Gasteiger charge is 2.33. The van der Waals surface area contributed by atoms with Crippen molar-refractivity contribution in [1.82, 2.24) is 0 Å². The fourth-order valence-corrected chi connectivity index (χ4v) is 1.52. The molecule has 5 nitrogen and oxygen atoms in total. The van der Waals surface area contributed by atoms with Gasteiger partial charge in [-0.05, 0) is 19.1 Å². The number of carbonyl (C=O) groups is 2. The fourth-order valence-electron chi connectivity index (χ4n) is 1.52. The predicted octanol–water partition coefficient (Wildman–Crippen LogP) is 2.56. The van der Waals surface area contributed by atoms with Gasteiger partial charge >= 0.3 is 18.1 Å². The highest BCUT2D eigenvalue weighted by atomic mass is 19.4. The molecule has 0 amide bonds. The van der Waals surface area contributed by atoms with Gasteiger partial charge in [-0.1, -0.05) is 12.1 Å². The maximum absolute atomic E-state index is 12.7. The van der Waals surface area contributed by atoms with Crippen molar-refractivity contribution in [3.63, 3.8) is 0 Å². The summed E-state index contributed by atoms with van der Waals surface area (Å²) < 4.78 is 38.2. The van der Waals surface area contributed by atoms with E-state index in [4.69, 9.17) is 10.2 Å². The van der Waals surface area contributed by atoms with Gasteiger partial charge in [-0.25, -0.2) is 9.59 Å². The van der Waals surface area contributed by atoms with Gasteiger partial charge in [0.1, 0.15) is 0 Å². The number of nitrogens with one attached hydrogen (secondary N) is 1. The highest BCUT2D eigenvalue weighted by Crippen LogP contribution is 2.35. The van der Waals surface area contributed by atoms with E-state index in [0.29, 0.717) is 0 Å². The normalized spacial score (nSPS) is 10.8. The van der Waals surface area contributed by atoms with Crippen molar-refractivity contribution in [2.24, 2.45) is 0 Å². The van der Waals surface area contributed by atoms with Crippen LogP contribution in [0.15, 0.2) is 35.5 Å². The van der Waals surface area contributed by atoms with Crippen molar-refractivity contribution in [2.45, 2.75) is 13.1 Å². The Kier molecular flexibility index (Phi) is 4.38. The van der Waals surface area contributed by atoms with Crippen LogP contribution in [0.5, 0.6) is 0 Å². The van der Waals surface area contributed by atoms with Crippen LogP contribution in [-0.4, -0.2) is 22.2 Å². The molecule has 0 aliphatic rings. The van der Waals surface area contributed by atoms with E-state index in [0.717, 1.165) is 19.1 Å². The first-order valence-electron chi connectivity index (χ1n) is 5.25. The number of allylic oxidation sites excluding steroid dienone is 1. The van der Waals surface area contributed by atoms with Crippen LogP contribution in [0, 0.1) is 0 Å². The molecular formula is C12H10F3NO4. The number of para-hydroxylation sites is 1. The van der Waals surface area contributed by atoms with E-state index in [1.807, 2.05) is 0 Å². The fraction of sp³-hybridized carbons (Fsp3) is 0.167. The van der Waals surface area contributed by atoms with Crippen molar-refractivity contribution >= 4 is 17.6 Å². The number of rotatable bonds is 4. The smallest absolute Gasteiger partial charge is 0.418 e. The third-order valence-electron chi connectivity index (χ3n) is 2.36. The molecule has 0 aliphatic carbocycles. The minimum atomic E-state index is -4.64. The summed E-state index contributed by atoms with van der Waals surface area (Å²) in [7, 11) is 0. The van der Waals surface area contributed by atoms with E-state index >= 15 is 0 Å². The van der Waals surface area contributed by atoms with Gasteiger partial charge in [0, 0.05) is 5.70 Å². The lowest BCUT2D eigenvalue weighted by Gasteiger charge is -2.15. The minimum absolute atomic E-state index is 0.401. The first kappa shape index (κ1) is 15.5. The molecule has 3 N–H and O–H groups in total. The largest absolute Gasteiger partial charge is 0.477 e. The number of aliphatic carboxylic acids is 2. The Labute approximate surface area is 111 Å². The predicted molar refractivity (Wildman–Crippen MR) is 63.0 cm³/mol. The van der Waals surface area contributed by atoms with Crippen LogP contribution in [0.25, 0.3) is 0 Å². The van der Waals surface area contributed by atoms with Crippen molar-refractivity contribution in [3.8, 4) is 0 Å². The molecule has 0 saturated heterocycles. The number of hydrogen-bond acceptors (Lipinski definition) is 3. The van der Waals surface area contributed by atoms with Crippen molar-refractivity contribution in [2.75, 3.05) is 5.32 Å². The second-order valence-electron chi connectivity index (χ2n) is 3.78. The molecule has 0 saturated carbocycles. The van der Waals surface area contributed by atoms with Crippen LogP contribution in [0.4, 0.5) is 18.9 Å². The van der Waals surface area contributed by atoms with Crippen molar-refractivity contribution in [1.29, 1.82) is 0 Å². The third-order valence-corrected chi connectivity index (χ3v) is 2.36. The van der Waals surface area contributed by atoms with E-state index < -0.39 is 40.6 Å². The molecule has 20 heavy (non-hydrogen) atoms. The Bertz CT molecular complexity index is 562. The summed E-state index contributed by atoms with van der Waals surface area (Å²) >= 11 is 0. The topological polar surface area (TPSA) is 86.6 Å². The van der Waals surface area contributed by atoms with E-state index in [1.54, 1.807) is 0 Å². The number of alkyl halides is 3. The van der Waals surface area contributed by atoms with E-state index in [2.05, 4.69) is 5.32 Å². The average molecular weight is 289 g/mol. The molecule has 0 unspecified atom stereocenters. The first-order chi connectivity index (χ1) is 9.14. The van der Waals surface area contributed by atoms with E-state index in [-0.39, 0.29) is 0 Å². The third kappa shape index (κ3) is 3.50. The van der Waals surface area contributed by atoms with E-state index in [9.17, 15) is 22.8 Å². The Balaban J connectivity index is 3.26. The second kappa shape index (κ2) is 5.64. The molecular weight excluding hydrogens is 279 g/mol. The summed E-state index contributed by atoms with van der Waals surface area (Å²) in [5, 5.41) is 19.6. The van der Waals surface area contributed by atoms with Gasteiger partial charge in [-0.3, -0.25) is 0 Å². The molecule has 0 radical (unpaired) electrons. The second-order valence-corrected chi connectivity index (χ2v) is 3.78. The summed E-state index contributed by atoms with van der Waals surface area (Å²) in [4.78, 5) is 21.5. The van der Waals surface area contributed by atoms with Crippen LogP contribution in [-0.2, 0) is 15.8 Å². The Hall–Kier alpha value is -2.51. The Morgan fingerprint density at radius 1 is 1.10 bits per heavy atom. The molecule has 0 bridgehead atoms. The van der Waals surface area contributed by atoms with Crippen LogP contribution < -0.4 is 5.32 Å². The lowest BCUT2D eigenvalue weighted by molar-refractivity contribution is -0.140. The zero-order valence-electron chi connectivity index (χ0n) is 10.2. The van der Waals surface area contributed by atoms with Crippen LogP contribution >= 0.6 is 0 Å². The zero-order chi connectivity index (χ0) is 15.5. The van der Waals surface area contributed by atoms with Gasteiger partial charge in [0.25, 0.3) is 0 Å². The first-order valence-corrected chi connectivity index (χ1v) is 5.25. The zero-order valence-corrected chi connectivity index (χ0v) is 10.2. The summed E-state index contributed by atoms with van der Waals surface area (Å²) in [6, 6.07) is 4.36. The molecule has 0 fully saturated rings. The number of hydrogen-bond donors (Lipinski definition) is 3. The minimum Gasteiger partial charge on any atom is -0.477 e. The molecule has 0 aromatic heterocycles. The van der Waals surface area contributed by atoms with Gasteiger partial charge in [0.15, 0.2) is 5.57 Å². The Morgan fingerprint density at radius 3 is 2.05 bits per heavy atom. The van der Waals surface area contributed by atoms with Crippen molar-refractivity contribution < 1.29 is 33.0 Å². The molecule has 1 aromatic rings. The van der Waals surface area contributed by atoms with Crippen LogP contribution in [0.3, 0.4) is 0 Å². The molecule has 0 spiro atoms. The summed E-state index contributed by atoms with van der Waals surface area (Å²) in [6.07, 6.45) is -4.64. The molecule has 0 aliphatic heterocycles. The van der Waals surface area contributed by atoms with Gasteiger partial charge in [-0.15, -0.1) is 0 Å². The summed E-state index contributed by atoms with van der Waals surface area (Å²) in [6.45, 7) is 1.07. The monoisotopic (exact) mass is 289 g/mol. The Morgan fingerprint density at radius 2 is 1.60 bits per heavy atom. The average Bonchev–Trinajstić information content (AvgIpc) is 2.26. The standard InChI is InChI=1S/C12H10F3NO4/c1-6(9(10(17)18)11(19)20)16-8-5-3-2-4-7(8)12(13,14)15/h2-5,16H,1H3,(H,17,18)(H,19,20). The quantitative estimate of drug-likeness (QED) is 0.450. The van der Waals surface area contributed by atoms with Gasteiger partial charge in [-0.2, -0.15) is 13.2 Å². The highest BCUT2D eigenvalue weighted by molar-refractivity contribution is 6.13. The number of carboxylic acid groups (broad SMARTS) is 2. The molecule has 8 heteroatoms. The summed E-state index contributed by atoms with van der Waals surface area (Å²) in [5.74, 6) is -3.49. The molecule has 0 heterocycles. The molecule has 108 valence electrons. The number of carboxylic acids is 2. The SMILES string of the molecule is CC(Nc1ccccc1C(F)(F)F)=C(C(=O)O)C(=O)O. The maximum Gasteiger partial charge on any atom is 0.418 e. The summed E-state index contributed by atoms with van der Waals surface area (Å²) in [5.41, 5.74) is -2.87. The van der Waals surface area contributed by atoms with E-state index in [1.165, 1.54) is 12.1 Å². The lowest BCUT2D eigenvalue weighted by atomic mass is 10.1.